The second-order valence-corrected chi connectivity index (χ2v) is 5.97. The van der Waals surface area contributed by atoms with E-state index >= 15 is 0 Å². The van der Waals surface area contributed by atoms with Crippen LogP contribution in [0.25, 0.3) is 5.57 Å². The number of anilines is 1. The van der Waals surface area contributed by atoms with Crippen molar-refractivity contribution in [3.8, 4) is 5.75 Å². The molecule has 0 spiro atoms. The van der Waals surface area contributed by atoms with E-state index in [2.05, 4.69) is 41.3 Å². The molecule has 0 saturated heterocycles. The topological polar surface area (TPSA) is 63.0 Å². The molecule has 0 saturated carbocycles. The Morgan fingerprint density at radius 2 is 2.04 bits per heavy atom. The van der Waals surface area contributed by atoms with Crippen LogP contribution in [0.5, 0.6) is 5.75 Å². The van der Waals surface area contributed by atoms with Crippen LogP contribution in [0, 0.1) is 6.92 Å². The van der Waals surface area contributed by atoms with Gasteiger partial charge in [0.25, 0.3) is 0 Å². The van der Waals surface area contributed by atoms with E-state index in [1.165, 1.54) is 5.57 Å². The Bertz CT molecular complexity index is 772. The van der Waals surface area contributed by atoms with Crippen LogP contribution in [0.3, 0.4) is 0 Å². The fourth-order valence-corrected chi connectivity index (χ4v) is 2.34. The van der Waals surface area contributed by atoms with E-state index in [9.17, 15) is 5.11 Å². The summed E-state index contributed by atoms with van der Waals surface area (Å²) in [5, 5.41) is 13.1. The Labute approximate surface area is 143 Å². The first-order chi connectivity index (χ1) is 11.4. The first kappa shape index (κ1) is 17.8. The SMILES string of the molecule is C/C=C(/C)CC=C(C)c1cn(Cc2nc(C)ccc2O)c(NC)n1. The zero-order valence-corrected chi connectivity index (χ0v) is 15.1. The van der Waals surface area contributed by atoms with E-state index in [1.54, 1.807) is 12.1 Å². The predicted molar refractivity (Wildman–Crippen MR) is 99.2 cm³/mol. The highest BCUT2D eigenvalue weighted by atomic mass is 16.3. The van der Waals surface area contributed by atoms with Crippen molar-refractivity contribution in [2.75, 3.05) is 12.4 Å². The van der Waals surface area contributed by atoms with E-state index in [0.29, 0.717) is 12.2 Å². The van der Waals surface area contributed by atoms with Gasteiger partial charge in [0.15, 0.2) is 0 Å². The predicted octanol–water partition coefficient (Wildman–Crippen LogP) is 4.14. The normalized spacial score (nSPS) is 12.5. The van der Waals surface area contributed by atoms with E-state index in [1.807, 2.05) is 31.7 Å². The minimum absolute atomic E-state index is 0.203. The standard InChI is InChI=1S/C19H26N4O/c1-6-13(2)7-8-14(3)16-11-23(19(20-5)22-16)12-17-18(24)10-9-15(4)21-17/h6,8-11,24H,7,12H2,1-5H3,(H,20,22)/b13-6-,14-8?. The average Bonchev–Trinajstić information content (AvgIpc) is 2.98. The first-order valence-corrected chi connectivity index (χ1v) is 8.14. The fourth-order valence-electron chi connectivity index (χ4n) is 2.34. The molecule has 0 radical (unpaired) electrons. The van der Waals surface area contributed by atoms with Crippen LogP contribution >= 0.6 is 0 Å². The largest absolute Gasteiger partial charge is 0.506 e. The Hall–Kier alpha value is -2.56. The molecular weight excluding hydrogens is 300 g/mol. The van der Waals surface area contributed by atoms with Crippen LogP contribution < -0.4 is 5.32 Å². The molecular formula is C19H26N4O. The molecule has 2 aromatic rings. The van der Waals surface area contributed by atoms with Crippen molar-refractivity contribution in [2.24, 2.45) is 0 Å². The number of aromatic nitrogens is 3. The van der Waals surface area contributed by atoms with Crippen LogP contribution in [0.4, 0.5) is 5.95 Å². The molecule has 2 N–H and O–H groups in total. The lowest BCUT2D eigenvalue weighted by molar-refractivity contribution is 0.461. The number of nitrogens with zero attached hydrogens (tertiary/aromatic N) is 3. The van der Waals surface area contributed by atoms with Gasteiger partial charge in [-0.25, -0.2) is 4.98 Å². The molecule has 0 aromatic carbocycles. The summed E-state index contributed by atoms with van der Waals surface area (Å²) in [5.74, 6) is 0.956. The van der Waals surface area contributed by atoms with Gasteiger partial charge in [0.1, 0.15) is 11.4 Å². The summed E-state index contributed by atoms with van der Waals surface area (Å²) in [7, 11) is 1.84. The smallest absolute Gasteiger partial charge is 0.203 e. The van der Waals surface area contributed by atoms with Gasteiger partial charge in [0.2, 0.25) is 5.95 Å². The molecule has 5 nitrogen and oxygen atoms in total. The third kappa shape index (κ3) is 4.25. The number of rotatable bonds is 6. The van der Waals surface area contributed by atoms with Gasteiger partial charge >= 0.3 is 0 Å². The molecule has 2 aromatic heterocycles. The number of allylic oxidation sites excluding steroid dienone is 4. The highest BCUT2D eigenvalue weighted by Gasteiger charge is 2.11. The lowest BCUT2D eigenvalue weighted by Gasteiger charge is -2.08. The number of imidazole rings is 1. The Balaban J connectivity index is 2.28. The van der Waals surface area contributed by atoms with E-state index < -0.39 is 0 Å². The summed E-state index contributed by atoms with van der Waals surface area (Å²) >= 11 is 0. The van der Waals surface area contributed by atoms with Gasteiger partial charge in [-0.05, 0) is 51.8 Å². The van der Waals surface area contributed by atoms with Crippen LogP contribution in [0.2, 0.25) is 0 Å². The van der Waals surface area contributed by atoms with Crippen LogP contribution in [-0.2, 0) is 6.54 Å². The van der Waals surface area contributed by atoms with Crippen molar-refractivity contribution in [2.45, 2.75) is 40.7 Å². The van der Waals surface area contributed by atoms with Gasteiger partial charge in [0, 0.05) is 18.9 Å². The molecule has 0 amide bonds. The second-order valence-electron chi connectivity index (χ2n) is 5.97. The van der Waals surface area contributed by atoms with Crippen molar-refractivity contribution < 1.29 is 5.11 Å². The third-order valence-electron chi connectivity index (χ3n) is 4.04. The molecule has 2 heterocycles. The van der Waals surface area contributed by atoms with Crippen molar-refractivity contribution in [3.05, 3.63) is 53.1 Å². The van der Waals surface area contributed by atoms with Gasteiger partial charge in [-0.15, -0.1) is 0 Å². The maximum absolute atomic E-state index is 10.0. The number of aryl methyl sites for hydroxylation is 1. The number of nitrogens with one attached hydrogen (secondary N) is 1. The summed E-state index contributed by atoms with van der Waals surface area (Å²) in [6.07, 6.45) is 7.22. The zero-order valence-electron chi connectivity index (χ0n) is 15.1. The number of pyridine rings is 1. The van der Waals surface area contributed by atoms with Crippen LogP contribution in [0.1, 0.15) is 44.3 Å². The average molecular weight is 326 g/mol. The van der Waals surface area contributed by atoms with Crippen LogP contribution in [-0.4, -0.2) is 26.7 Å². The summed E-state index contributed by atoms with van der Waals surface area (Å²) in [6, 6.07) is 3.48. The summed E-state index contributed by atoms with van der Waals surface area (Å²) in [5.41, 5.74) is 4.91. The Kier molecular flexibility index (Phi) is 5.79. The van der Waals surface area contributed by atoms with Crippen molar-refractivity contribution in [3.63, 3.8) is 0 Å². The maximum Gasteiger partial charge on any atom is 0.203 e. The number of hydrogen-bond acceptors (Lipinski definition) is 4. The van der Waals surface area contributed by atoms with Crippen molar-refractivity contribution in [1.82, 2.24) is 14.5 Å². The molecule has 0 aliphatic carbocycles. The van der Waals surface area contributed by atoms with E-state index in [0.717, 1.165) is 29.3 Å². The third-order valence-corrected chi connectivity index (χ3v) is 4.04. The molecule has 0 fully saturated rings. The lowest BCUT2D eigenvalue weighted by Crippen LogP contribution is -2.06. The molecule has 5 heteroatoms. The van der Waals surface area contributed by atoms with Gasteiger partial charge in [0.05, 0.1) is 12.2 Å². The highest BCUT2D eigenvalue weighted by Crippen LogP contribution is 2.22. The molecule has 0 unspecified atom stereocenters. The van der Waals surface area contributed by atoms with Gasteiger partial charge < -0.3 is 15.0 Å². The lowest BCUT2D eigenvalue weighted by atomic mass is 10.1. The zero-order chi connectivity index (χ0) is 17.7. The summed E-state index contributed by atoms with van der Waals surface area (Å²) in [4.78, 5) is 9.05. The molecule has 2 rings (SSSR count). The monoisotopic (exact) mass is 326 g/mol. The quantitative estimate of drug-likeness (QED) is 0.783. The van der Waals surface area contributed by atoms with Crippen molar-refractivity contribution >= 4 is 11.5 Å². The molecule has 128 valence electrons. The minimum atomic E-state index is 0.203. The molecule has 0 aliphatic heterocycles. The van der Waals surface area contributed by atoms with E-state index in [-0.39, 0.29) is 5.75 Å². The molecule has 0 aliphatic rings. The molecule has 0 atom stereocenters. The van der Waals surface area contributed by atoms with Crippen LogP contribution in [0.15, 0.2) is 36.1 Å². The molecule has 24 heavy (non-hydrogen) atoms. The number of aromatic hydroxyl groups is 1. The van der Waals surface area contributed by atoms with Gasteiger partial charge in [-0.1, -0.05) is 17.7 Å². The fraction of sp³-hybridized carbons (Fsp3) is 0.368. The second kappa shape index (κ2) is 7.81. The molecule has 0 bridgehead atoms. The maximum atomic E-state index is 10.0. The van der Waals surface area contributed by atoms with Gasteiger partial charge in [-0.2, -0.15) is 0 Å². The summed E-state index contributed by atoms with van der Waals surface area (Å²) < 4.78 is 1.97. The highest BCUT2D eigenvalue weighted by molar-refractivity contribution is 5.62. The minimum Gasteiger partial charge on any atom is -0.506 e. The first-order valence-electron chi connectivity index (χ1n) is 8.14. The van der Waals surface area contributed by atoms with Gasteiger partial charge in [-0.3, -0.25) is 4.98 Å². The van der Waals surface area contributed by atoms with E-state index in [4.69, 9.17) is 0 Å². The summed E-state index contributed by atoms with van der Waals surface area (Å²) in [6.45, 7) is 8.62. The Morgan fingerprint density at radius 3 is 2.71 bits per heavy atom. The van der Waals surface area contributed by atoms with Crippen molar-refractivity contribution in [1.29, 1.82) is 0 Å². The Morgan fingerprint density at radius 1 is 1.29 bits per heavy atom. The number of hydrogen-bond donors (Lipinski definition) is 2.